The van der Waals surface area contributed by atoms with Crippen molar-refractivity contribution in [3.05, 3.63) is 29.3 Å². The number of carbonyl (C=O) groups is 2. The first-order chi connectivity index (χ1) is 12.0. The molecule has 0 aromatic heterocycles. The predicted molar refractivity (Wildman–Crippen MR) is 98.6 cm³/mol. The van der Waals surface area contributed by atoms with Crippen LogP contribution < -0.4 is 5.32 Å². The van der Waals surface area contributed by atoms with E-state index in [1.807, 2.05) is 13.8 Å². The normalized spacial score (nSPS) is 23.3. The van der Waals surface area contributed by atoms with Crippen LogP contribution in [-0.2, 0) is 14.6 Å². The Morgan fingerprint density at radius 1 is 1.23 bits per heavy atom. The number of sulfone groups is 1. The summed E-state index contributed by atoms with van der Waals surface area (Å²) in [5, 5.41) is 3.00. The van der Waals surface area contributed by atoms with Gasteiger partial charge in [0.05, 0.1) is 10.3 Å². The van der Waals surface area contributed by atoms with Crippen molar-refractivity contribution >= 4 is 21.7 Å². The van der Waals surface area contributed by atoms with E-state index in [1.165, 1.54) is 6.07 Å². The SMILES string of the molecule is Cc1ccc(C(=O)N2CCC(C3NC(=O)C3(C)C)CC2)cc1S(C)(=O)=O. The van der Waals surface area contributed by atoms with Crippen molar-refractivity contribution in [1.82, 2.24) is 10.2 Å². The molecule has 0 radical (unpaired) electrons. The van der Waals surface area contributed by atoms with Gasteiger partial charge in [0, 0.05) is 31.0 Å². The summed E-state index contributed by atoms with van der Waals surface area (Å²) in [6.45, 7) is 6.90. The molecule has 2 aliphatic rings. The van der Waals surface area contributed by atoms with E-state index in [0.717, 1.165) is 19.1 Å². The smallest absolute Gasteiger partial charge is 0.253 e. The lowest BCUT2D eigenvalue weighted by atomic mass is 9.68. The van der Waals surface area contributed by atoms with Crippen LogP contribution in [0.15, 0.2) is 23.1 Å². The highest BCUT2D eigenvalue weighted by Gasteiger charge is 2.51. The average Bonchev–Trinajstić information content (AvgIpc) is 2.58. The fourth-order valence-corrected chi connectivity index (χ4v) is 5.02. The first kappa shape index (κ1) is 18.9. The molecule has 2 fully saturated rings. The van der Waals surface area contributed by atoms with Crippen LogP contribution in [0.5, 0.6) is 0 Å². The first-order valence-electron chi connectivity index (χ1n) is 8.93. The maximum atomic E-state index is 12.8. The summed E-state index contributed by atoms with van der Waals surface area (Å²) < 4.78 is 23.8. The minimum absolute atomic E-state index is 0.0916. The number of likely N-dealkylation sites (tertiary alicyclic amines) is 1. The van der Waals surface area contributed by atoms with E-state index < -0.39 is 9.84 Å². The molecule has 1 unspecified atom stereocenters. The van der Waals surface area contributed by atoms with Crippen molar-refractivity contribution in [3.8, 4) is 0 Å². The van der Waals surface area contributed by atoms with Gasteiger partial charge in [-0.3, -0.25) is 9.59 Å². The number of β-lactam (4-membered cyclic amide) rings is 1. The van der Waals surface area contributed by atoms with Crippen LogP contribution in [-0.4, -0.2) is 50.5 Å². The van der Waals surface area contributed by atoms with Crippen LogP contribution in [0.25, 0.3) is 0 Å². The Morgan fingerprint density at radius 3 is 2.35 bits per heavy atom. The Kier molecular flexibility index (Phi) is 4.63. The van der Waals surface area contributed by atoms with Crippen molar-refractivity contribution in [2.45, 2.75) is 44.6 Å². The van der Waals surface area contributed by atoms with Crippen LogP contribution >= 0.6 is 0 Å². The number of nitrogens with one attached hydrogen (secondary N) is 1. The summed E-state index contributed by atoms with van der Waals surface area (Å²) in [4.78, 5) is 26.5. The molecule has 2 aliphatic heterocycles. The van der Waals surface area contributed by atoms with E-state index in [9.17, 15) is 18.0 Å². The molecule has 3 rings (SSSR count). The predicted octanol–water partition coefficient (Wildman–Crippen LogP) is 1.78. The third-order valence-electron chi connectivity index (χ3n) is 5.78. The maximum Gasteiger partial charge on any atom is 0.253 e. The molecule has 6 nitrogen and oxygen atoms in total. The van der Waals surface area contributed by atoms with Crippen molar-refractivity contribution < 1.29 is 18.0 Å². The second-order valence-electron chi connectivity index (χ2n) is 8.05. The van der Waals surface area contributed by atoms with E-state index in [0.29, 0.717) is 30.1 Å². The molecule has 0 aliphatic carbocycles. The van der Waals surface area contributed by atoms with Crippen LogP contribution in [0, 0.1) is 18.3 Å². The maximum absolute atomic E-state index is 12.8. The molecule has 2 saturated heterocycles. The monoisotopic (exact) mass is 378 g/mol. The van der Waals surface area contributed by atoms with E-state index in [4.69, 9.17) is 0 Å². The number of carbonyl (C=O) groups excluding carboxylic acids is 2. The standard InChI is InChI=1S/C19H26N2O4S/c1-12-5-6-14(11-15(12)26(4,24)25)17(22)21-9-7-13(8-10-21)16-19(2,3)18(23)20-16/h5-6,11,13,16H,7-10H2,1-4H3,(H,20,23). The van der Waals surface area contributed by atoms with Crippen molar-refractivity contribution in [2.24, 2.45) is 11.3 Å². The highest BCUT2D eigenvalue weighted by Crippen LogP contribution is 2.38. The van der Waals surface area contributed by atoms with Gasteiger partial charge >= 0.3 is 0 Å². The Morgan fingerprint density at radius 2 is 1.85 bits per heavy atom. The van der Waals surface area contributed by atoms with Crippen LogP contribution in [0.3, 0.4) is 0 Å². The van der Waals surface area contributed by atoms with Gasteiger partial charge in [-0.05, 0) is 57.2 Å². The Hall–Kier alpha value is -1.89. The molecule has 7 heteroatoms. The van der Waals surface area contributed by atoms with Gasteiger partial charge in [-0.1, -0.05) is 6.07 Å². The third kappa shape index (κ3) is 3.24. The molecular formula is C19H26N2O4S. The summed E-state index contributed by atoms with van der Waals surface area (Å²) in [5.41, 5.74) is 0.718. The molecule has 0 spiro atoms. The topological polar surface area (TPSA) is 83.6 Å². The Bertz CT molecular complexity index is 852. The van der Waals surface area contributed by atoms with Gasteiger partial charge in [-0.15, -0.1) is 0 Å². The molecule has 0 bridgehead atoms. The molecule has 0 saturated carbocycles. The summed E-state index contributed by atoms with van der Waals surface area (Å²) in [6, 6.07) is 5.02. The molecule has 142 valence electrons. The number of amides is 2. The number of nitrogens with zero attached hydrogens (tertiary/aromatic N) is 1. The number of rotatable bonds is 3. The Labute approximate surface area is 154 Å². The van der Waals surface area contributed by atoms with Gasteiger partial charge in [0.2, 0.25) is 5.91 Å². The van der Waals surface area contributed by atoms with E-state index >= 15 is 0 Å². The number of aryl methyl sites for hydroxylation is 1. The molecular weight excluding hydrogens is 352 g/mol. The van der Waals surface area contributed by atoms with E-state index in [1.54, 1.807) is 24.0 Å². The molecule has 1 aromatic rings. The zero-order valence-corrected chi connectivity index (χ0v) is 16.5. The van der Waals surface area contributed by atoms with Gasteiger partial charge in [-0.2, -0.15) is 0 Å². The third-order valence-corrected chi connectivity index (χ3v) is 7.02. The lowest BCUT2D eigenvalue weighted by molar-refractivity contribution is -0.146. The van der Waals surface area contributed by atoms with Crippen molar-refractivity contribution in [2.75, 3.05) is 19.3 Å². The van der Waals surface area contributed by atoms with Gasteiger partial charge < -0.3 is 10.2 Å². The number of hydrogen-bond donors (Lipinski definition) is 1. The highest BCUT2D eigenvalue weighted by atomic mass is 32.2. The Balaban J connectivity index is 1.69. The quantitative estimate of drug-likeness (QED) is 0.813. The summed E-state index contributed by atoms with van der Waals surface area (Å²) >= 11 is 0. The summed E-state index contributed by atoms with van der Waals surface area (Å²) in [5.74, 6) is 0.329. The second kappa shape index (κ2) is 6.37. The highest BCUT2D eigenvalue weighted by molar-refractivity contribution is 7.90. The minimum atomic E-state index is -3.37. The van der Waals surface area contributed by atoms with Gasteiger partial charge in [0.15, 0.2) is 9.84 Å². The lowest BCUT2D eigenvalue weighted by Crippen LogP contribution is -2.68. The van der Waals surface area contributed by atoms with Crippen molar-refractivity contribution in [1.29, 1.82) is 0 Å². The fraction of sp³-hybridized carbons (Fsp3) is 0.579. The van der Waals surface area contributed by atoms with Crippen molar-refractivity contribution in [3.63, 3.8) is 0 Å². The summed E-state index contributed by atoms with van der Waals surface area (Å²) in [6.07, 6.45) is 2.83. The molecule has 2 heterocycles. The first-order valence-corrected chi connectivity index (χ1v) is 10.8. The van der Waals surface area contributed by atoms with Gasteiger partial charge in [0.25, 0.3) is 5.91 Å². The number of benzene rings is 1. The summed E-state index contributed by atoms with van der Waals surface area (Å²) in [7, 11) is -3.37. The second-order valence-corrected chi connectivity index (χ2v) is 10.0. The molecule has 1 N–H and O–H groups in total. The van der Waals surface area contributed by atoms with Crippen LogP contribution in [0.2, 0.25) is 0 Å². The molecule has 26 heavy (non-hydrogen) atoms. The van der Waals surface area contributed by atoms with Gasteiger partial charge in [0.1, 0.15) is 0 Å². The number of piperidine rings is 1. The fourth-order valence-electron chi connectivity index (χ4n) is 4.03. The minimum Gasteiger partial charge on any atom is -0.351 e. The largest absolute Gasteiger partial charge is 0.351 e. The molecule has 1 atom stereocenters. The lowest BCUT2D eigenvalue weighted by Gasteiger charge is -2.50. The van der Waals surface area contributed by atoms with Crippen LogP contribution in [0.1, 0.15) is 42.6 Å². The van der Waals surface area contributed by atoms with Crippen LogP contribution in [0.4, 0.5) is 0 Å². The van der Waals surface area contributed by atoms with E-state index in [-0.39, 0.29) is 28.2 Å². The molecule has 1 aromatic carbocycles. The zero-order valence-electron chi connectivity index (χ0n) is 15.7. The van der Waals surface area contributed by atoms with Gasteiger partial charge in [-0.25, -0.2) is 8.42 Å². The zero-order chi connectivity index (χ0) is 19.3. The number of hydrogen-bond acceptors (Lipinski definition) is 4. The molecule has 2 amide bonds. The average molecular weight is 378 g/mol. The van der Waals surface area contributed by atoms with E-state index in [2.05, 4.69) is 5.32 Å².